The van der Waals surface area contributed by atoms with Gasteiger partial charge in [0.05, 0.1) is 40.1 Å². The minimum atomic E-state index is -0.359. The molecular formula is C11H19IN6. The van der Waals surface area contributed by atoms with Gasteiger partial charge >= 0.3 is 0 Å². The Balaban J connectivity index is 0.000000357. The Morgan fingerprint density at radius 1 is 1.50 bits per heavy atom. The van der Waals surface area contributed by atoms with Crippen molar-refractivity contribution in [2.45, 2.75) is 38.3 Å². The molecule has 0 amide bonds. The molecule has 2 rings (SSSR count). The molecule has 0 aliphatic heterocycles. The third-order valence-corrected chi connectivity index (χ3v) is 3.02. The maximum Gasteiger partial charge on any atom is 0.133 e. The van der Waals surface area contributed by atoms with Crippen LogP contribution in [0.3, 0.4) is 0 Å². The molecule has 100 valence electrons. The SMILES string of the molecule is CC(C)(N)c1cc(NI)n(C2CC2)n1.N=CC=N. The molecule has 1 aromatic heterocycles. The number of nitrogens with two attached hydrogens (primary N) is 1. The lowest BCUT2D eigenvalue weighted by Crippen LogP contribution is -2.29. The topological polar surface area (TPSA) is 104 Å². The van der Waals surface area contributed by atoms with E-state index in [1.165, 1.54) is 12.8 Å². The Labute approximate surface area is 121 Å². The normalized spacial score (nSPS) is 14.4. The quantitative estimate of drug-likeness (QED) is 0.376. The average Bonchev–Trinajstić information content (AvgIpc) is 3.07. The predicted octanol–water partition coefficient (Wildman–Crippen LogP) is 2.46. The van der Waals surface area contributed by atoms with Crippen molar-refractivity contribution < 1.29 is 0 Å². The first kappa shape index (κ1) is 15.1. The molecule has 0 spiro atoms. The van der Waals surface area contributed by atoms with Crippen molar-refractivity contribution in [3.05, 3.63) is 11.8 Å². The van der Waals surface area contributed by atoms with Crippen LogP contribution in [0.4, 0.5) is 5.82 Å². The Bertz CT molecular complexity index is 410. The van der Waals surface area contributed by atoms with E-state index in [1.807, 2.05) is 19.9 Å². The van der Waals surface area contributed by atoms with Crippen LogP contribution in [0.5, 0.6) is 0 Å². The fourth-order valence-electron chi connectivity index (χ4n) is 1.38. The largest absolute Gasteiger partial charge is 0.321 e. The molecule has 1 aromatic rings. The smallest absolute Gasteiger partial charge is 0.133 e. The van der Waals surface area contributed by atoms with Gasteiger partial charge in [0.15, 0.2) is 0 Å². The molecule has 7 heteroatoms. The number of rotatable bonds is 4. The molecule has 0 bridgehead atoms. The van der Waals surface area contributed by atoms with Crippen LogP contribution >= 0.6 is 22.9 Å². The standard InChI is InChI=1S/C9H15IN4.C2H4N2/c1-9(2,11)7-5-8(12-10)14(13-7)6-3-4-6;3-1-2-4/h5-6,12H,3-4,11H2,1-2H3;1-4H. The summed E-state index contributed by atoms with van der Waals surface area (Å²) >= 11 is 2.13. The van der Waals surface area contributed by atoms with Crippen molar-refractivity contribution in [3.8, 4) is 0 Å². The predicted molar refractivity (Wildman–Crippen MR) is 82.9 cm³/mol. The summed E-state index contributed by atoms with van der Waals surface area (Å²) in [5.74, 6) is 1.06. The molecule has 5 N–H and O–H groups in total. The Kier molecular flexibility index (Phi) is 5.27. The van der Waals surface area contributed by atoms with E-state index < -0.39 is 0 Å². The van der Waals surface area contributed by atoms with Crippen LogP contribution in [-0.4, -0.2) is 22.2 Å². The molecule has 1 heterocycles. The van der Waals surface area contributed by atoms with E-state index in [1.54, 1.807) is 0 Å². The van der Waals surface area contributed by atoms with Gasteiger partial charge in [-0.1, -0.05) is 0 Å². The van der Waals surface area contributed by atoms with Gasteiger partial charge in [-0.3, -0.25) is 0 Å². The lowest BCUT2D eigenvalue weighted by atomic mass is 10.0. The van der Waals surface area contributed by atoms with Crippen LogP contribution < -0.4 is 9.26 Å². The summed E-state index contributed by atoms with van der Waals surface area (Å²) in [5.41, 5.74) is 6.60. The highest BCUT2D eigenvalue weighted by Crippen LogP contribution is 2.38. The van der Waals surface area contributed by atoms with E-state index in [0.29, 0.717) is 6.04 Å². The highest BCUT2D eigenvalue weighted by Gasteiger charge is 2.29. The highest BCUT2D eigenvalue weighted by molar-refractivity contribution is 14.1. The maximum absolute atomic E-state index is 6.08. The molecule has 0 aromatic carbocycles. The number of halogens is 1. The molecule has 0 radical (unpaired) electrons. The third kappa shape index (κ3) is 4.05. The van der Waals surface area contributed by atoms with Crippen LogP contribution in [0.1, 0.15) is 38.4 Å². The monoisotopic (exact) mass is 362 g/mol. The van der Waals surface area contributed by atoms with Gasteiger partial charge in [-0.25, -0.2) is 4.68 Å². The van der Waals surface area contributed by atoms with Gasteiger partial charge < -0.3 is 20.1 Å². The summed E-state index contributed by atoms with van der Waals surface area (Å²) in [7, 11) is 0. The summed E-state index contributed by atoms with van der Waals surface area (Å²) in [6.07, 6.45) is 4.30. The minimum absolute atomic E-state index is 0.359. The summed E-state index contributed by atoms with van der Waals surface area (Å²) < 4.78 is 5.18. The fourth-order valence-corrected chi connectivity index (χ4v) is 1.78. The van der Waals surface area contributed by atoms with E-state index in [4.69, 9.17) is 16.6 Å². The number of hydrogen-bond acceptors (Lipinski definition) is 5. The summed E-state index contributed by atoms with van der Waals surface area (Å²) in [5, 5.41) is 16.7. The molecule has 1 aliphatic carbocycles. The lowest BCUT2D eigenvalue weighted by molar-refractivity contribution is 0.513. The summed E-state index contributed by atoms with van der Waals surface area (Å²) in [6.45, 7) is 3.95. The van der Waals surface area contributed by atoms with Gasteiger partial charge in [0.1, 0.15) is 5.82 Å². The highest BCUT2D eigenvalue weighted by atomic mass is 127. The van der Waals surface area contributed by atoms with Crippen LogP contribution in [0.25, 0.3) is 0 Å². The molecule has 0 saturated heterocycles. The van der Waals surface area contributed by atoms with Gasteiger partial charge in [0.25, 0.3) is 0 Å². The van der Waals surface area contributed by atoms with Gasteiger partial charge in [-0.2, -0.15) is 5.10 Å². The van der Waals surface area contributed by atoms with Gasteiger partial charge in [-0.05, 0) is 26.7 Å². The Morgan fingerprint density at radius 2 is 2.06 bits per heavy atom. The number of anilines is 1. The van der Waals surface area contributed by atoms with Crippen molar-refractivity contribution in [1.29, 1.82) is 10.8 Å². The van der Waals surface area contributed by atoms with Crippen molar-refractivity contribution in [2.24, 2.45) is 5.73 Å². The molecular weight excluding hydrogens is 343 g/mol. The zero-order valence-electron chi connectivity index (χ0n) is 10.6. The fraction of sp³-hybridized carbons (Fsp3) is 0.545. The second-order valence-electron chi connectivity index (χ2n) is 4.74. The molecule has 0 atom stereocenters. The summed E-state index contributed by atoms with van der Waals surface area (Å²) in [4.78, 5) is 0. The maximum atomic E-state index is 6.08. The minimum Gasteiger partial charge on any atom is -0.321 e. The molecule has 1 saturated carbocycles. The zero-order valence-corrected chi connectivity index (χ0v) is 12.7. The Morgan fingerprint density at radius 3 is 2.39 bits per heavy atom. The molecule has 0 unspecified atom stereocenters. The van der Waals surface area contributed by atoms with E-state index in [0.717, 1.165) is 23.9 Å². The van der Waals surface area contributed by atoms with E-state index in [2.05, 4.69) is 36.2 Å². The zero-order chi connectivity index (χ0) is 13.8. The average molecular weight is 362 g/mol. The van der Waals surface area contributed by atoms with Gasteiger partial charge in [0.2, 0.25) is 0 Å². The number of aromatic nitrogens is 2. The molecule has 6 nitrogen and oxygen atoms in total. The van der Waals surface area contributed by atoms with E-state index >= 15 is 0 Å². The van der Waals surface area contributed by atoms with Gasteiger partial charge in [0, 0.05) is 18.5 Å². The molecule has 1 fully saturated rings. The summed E-state index contributed by atoms with van der Waals surface area (Å²) in [6, 6.07) is 2.62. The first-order valence-corrected chi connectivity index (χ1v) is 6.77. The second kappa shape index (κ2) is 6.28. The van der Waals surface area contributed by atoms with E-state index in [9.17, 15) is 0 Å². The van der Waals surface area contributed by atoms with Crippen molar-refractivity contribution in [1.82, 2.24) is 9.78 Å². The number of hydrogen-bond donors (Lipinski definition) is 4. The molecule has 18 heavy (non-hydrogen) atoms. The lowest BCUT2D eigenvalue weighted by Gasteiger charge is -2.14. The van der Waals surface area contributed by atoms with Gasteiger partial charge in [-0.15, -0.1) is 0 Å². The van der Waals surface area contributed by atoms with Crippen LogP contribution in [-0.2, 0) is 5.54 Å². The second-order valence-corrected chi connectivity index (χ2v) is 5.28. The molecule has 1 aliphatic rings. The van der Waals surface area contributed by atoms with Crippen molar-refractivity contribution in [3.63, 3.8) is 0 Å². The van der Waals surface area contributed by atoms with Crippen molar-refractivity contribution >= 4 is 41.1 Å². The first-order chi connectivity index (χ1) is 8.43. The van der Waals surface area contributed by atoms with Crippen LogP contribution in [0.15, 0.2) is 6.07 Å². The van der Waals surface area contributed by atoms with Crippen LogP contribution in [0.2, 0.25) is 0 Å². The number of nitrogens with zero attached hydrogens (tertiary/aromatic N) is 2. The Hall–Kier alpha value is -0.960. The first-order valence-electron chi connectivity index (χ1n) is 5.69. The van der Waals surface area contributed by atoms with Crippen molar-refractivity contribution in [2.75, 3.05) is 3.53 Å². The third-order valence-electron chi connectivity index (χ3n) is 2.47. The van der Waals surface area contributed by atoms with Crippen LogP contribution in [0, 0.1) is 10.8 Å². The van der Waals surface area contributed by atoms with E-state index in [-0.39, 0.29) is 5.54 Å². The number of nitrogens with one attached hydrogen (secondary N) is 3.